The van der Waals surface area contributed by atoms with Gasteiger partial charge in [-0.3, -0.25) is 19.7 Å². The Morgan fingerprint density at radius 1 is 1.29 bits per heavy atom. The van der Waals surface area contributed by atoms with Gasteiger partial charge in [0, 0.05) is 0 Å². The third kappa shape index (κ3) is 3.10. The van der Waals surface area contributed by atoms with E-state index in [2.05, 4.69) is 17.6 Å². The van der Waals surface area contributed by atoms with Gasteiger partial charge in [0.25, 0.3) is 0 Å². The Bertz CT molecular complexity index is 424. The lowest BCUT2D eigenvalue weighted by atomic mass is 9.73. The van der Waals surface area contributed by atoms with Gasteiger partial charge in [-0.2, -0.15) is 0 Å². The van der Waals surface area contributed by atoms with E-state index in [1.807, 2.05) is 6.92 Å². The van der Waals surface area contributed by atoms with Crippen molar-refractivity contribution in [2.45, 2.75) is 52.0 Å². The summed E-state index contributed by atoms with van der Waals surface area (Å²) in [5.74, 6) is -0.734. The Labute approximate surface area is 125 Å². The third-order valence-corrected chi connectivity index (χ3v) is 4.65. The first kappa shape index (κ1) is 15.9. The Kier molecular flexibility index (Phi) is 4.98. The fraction of sp³-hybridized carbons (Fsp3) is 0.800. The molecule has 2 fully saturated rings. The predicted octanol–water partition coefficient (Wildman–Crippen LogP) is 0.420. The standard InChI is InChI=1S/C15H25N3O3/c1-3-5-15(6-8-16-9-7-15)14(21)18-10-12(19)17-13(20)11(18)4-2/h11,16H,3-10H2,1-2H3,(H,17,19,20). The van der Waals surface area contributed by atoms with Gasteiger partial charge >= 0.3 is 0 Å². The molecular weight excluding hydrogens is 270 g/mol. The molecule has 0 saturated carbocycles. The summed E-state index contributed by atoms with van der Waals surface area (Å²) in [5.41, 5.74) is -0.411. The SMILES string of the molecule is CCCC1(C(=O)N2CC(=O)NC(=O)C2CC)CCNCC1. The molecule has 2 aliphatic heterocycles. The van der Waals surface area contributed by atoms with E-state index in [0.717, 1.165) is 38.8 Å². The number of hydrogen-bond donors (Lipinski definition) is 2. The second-order valence-corrected chi connectivity index (χ2v) is 6.05. The van der Waals surface area contributed by atoms with E-state index in [9.17, 15) is 14.4 Å². The van der Waals surface area contributed by atoms with Crippen LogP contribution in [-0.4, -0.2) is 48.3 Å². The van der Waals surface area contributed by atoms with E-state index in [1.54, 1.807) is 0 Å². The normalized spacial score (nSPS) is 25.6. The van der Waals surface area contributed by atoms with Gasteiger partial charge in [0.2, 0.25) is 17.7 Å². The topological polar surface area (TPSA) is 78.5 Å². The number of carbonyl (C=O) groups excluding carboxylic acids is 3. The zero-order valence-corrected chi connectivity index (χ0v) is 12.9. The number of piperidine rings is 1. The number of carbonyl (C=O) groups is 3. The molecule has 21 heavy (non-hydrogen) atoms. The van der Waals surface area contributed by atoms with Crippen LogP contribution in [0.15, 0.2) is 0 Å². The first-order valence-electron chi connectivity index (χ1n) is 7.89. The highest BCUT2D eigenvalue weighted by atomic mass is 16.2. The highest BCUT2D eigenvalue weighted by Gasteiger charge is 2.46. The lowest BCUT2D eigenvalue weighted by Crippen LogP contribution is -2.63. The van der Waals surface area contributed by atoms with Crippen molar-refractivity contribution in [2.24, 2.45) is 5.41 Å². The van der Waals surface area contributed by atoms with Gasteiger partial charge in [-0.1, -0.05) is 20.3 Å². The molecule has 0 radical (unpaired) electrons. The second-order valence-electron chi connectivity index (χ2n) is 6.05. The van der Waals surface area contributed by atoms with Gasteiger partial charge in [-0.15, -0.1) is 0 Å². The zero-order chi connectivity index (χ0) is 15.5. The molecule has 0 aliphatic carbocycles. The van der Waals surface area contributed by atoms with Crippen LogP contribution in [0.25, 0.3) is 0 Å². The van der Waals surface area contributed by atoms with Gasteiger partial charge in [0.1, 0.15) is 12.6 Å². The average molecular weight is 295 g/mol. The molecule has 6 nitrogen and oxygen atoms in total. The lowest BCUT2D eigenvalue weighted by Gasteiger charge is -2.43. The van der Waals surface area contributed by atoms with Gasteiger partial charge < -0.3 is 10.2 Å². The first-order chi connectivity index (χ1) is 10.0. The van der Waals surface area contributed by atoms with Crippen molar-refractivity contribution in [1.82, 2.24) is 15.5 Å². The monoisotopic (exact) mass is 295 g/mol. The molecule has 2 saturated heterocycles. The number of imide groups is 1. The van der Waals surface area contributed by atoms with E-state index in [4.69, 9.17) is 0 Å². The lowest BCUT2D eigenvalue weighted by molar-refractivity contribution is -0.157. The van der Waals surface area contributed by atoms with E-state index >= 15 is 0 Å². The van der Waals surface area contributed by atoms with Crippen LogP contribution < -0.4 is 10.6 Å². The number of rotatable bonds is 4. The minimum absolute atomic E-state index is 0.00196. The van der Waals surface area contributed by atoms with Crippen molar-refractivity contribution in [3.05, 3.63) is 0 Å². The minimum Gasteiger partial charge on any atom is -0.321 e. The molecule has 0 aromatic heterocycles. The van der Waals surface area contributed by atoms with Gasteiger partial charge in [-0.05, 0) is 38.8 Å². The fourth-order valence-corrected chi connectivity index (χ4v) is 3.55. The average Bonchev–Trinajstić information content (AvgIpc) is 2.47. The molecule has 6 heteroatoms. The molecule has 118 valence electrons. The van der Waals surface area contributed by atoms with Crippen molar-refractivity contribution >= 4 is 17.7 Å². The molecule has 2 heterocycles. The maximum Gasteiger partial charge on any atom is 0.249 e. The van der Waals surface area contributed by atoms with Gasteiger partial charge in [0.15, 0.2) is 0 Å². The molecular formula is C15H25N3O3. The highest BCUT2D eigenvalue weighted by molar-refractivity contribution is 6.04. The van der Waals surface area contributed by atoms with E-state index in [-0.39, 0.29) is 24.3 Å². The Morgan fingerprint density at radius 3 is 2.52 bits per heavy atom. The Balaban J connectivity index is 2.25. The molecule has 2 rings (SSSR count). The highest BCUT2D eigenvalue weighted by Crippen LogP contribution is 2.37. The summed E-state index contributed by atoms with van der Waals surface area (Å²) in [6.07, 6.45) is 3.84. The number of amides is 3. The van der Waals surface area contributed by atoms with E-state index in [1.165, 1.54) is 4.90 Å². The van der Waals surface area contributed by atoms with Crippen molar-refractivity contribution in [2.75, 3.05) is 19.6 Å². The zero-order valence-electron chi connectivity index (χ0n) is 12.9. The second kappa shape index (κ2) is 6.56. The van der Waals surface area contributed by atoms with E-state index < -0.39 is 11.5 Å². The maximum atomic E-state index is 13.1. The van der Waals surface area contributed by atoms with Crippen molar-refractivity contribution in [1.29, 1.82) is 0 Å². The third-order valence-electron chi connectivity index (χ3n) is 4.65. The molecule has 0 spiro atoms. The minimum atomic E-state index is -0.515. The fourth-order valence-electron chi connectivity index (χ4n) is 3.55. The molecule has 0 aromatic carbocycles. The van der Waals surface area contributed by atoms with Crippen molar-refractivity contribution in [3.8, 4) is 0 Å². The molecule has 1 unspecified atom stereocenters. The summed E-state index contributed by atoms with van der Waals surface area (Å²) in [7, 11) is 0. The van der Waals surface area contributed by atoms with Crippen LogP contribution in [0.4, 0.5) is 0 Å². The van der Waals surface area contributed by atoms with Crippen LogP contribution in [0, 0.1) is 5.41 Å². The quantitative estimate of drug-likeness (QED) is 0.737. The molecule has 3 amide bonds. The summed E-state index contributed by atoms with van der Waals surface area (Å²) >= 11 is 0. The summed E-state index contributed by atoms with van der Waals surface area (Å²) in [6.45, 7) is 5.58. The van der Waals surface area contributed by atoms with Crippen molar-refractivity contribution in [3.63, 3.8) is 0 Å². The first-order valence-corrected chi connectivity index (χ1v) is 7.89. The summed E-state index contributed by atoms with van der Waals surface area (Å²) in [5, 5.41) is 5.61. The van der Waals surface area contributed by atoms with Crippen LogP contribution >= 0.6 is 0 Å². The van der Waals surface area contributed by atoms with E-state index in [0.29, 0.717) is 6.42 Å². The number of hydrogen-bond acceptors (Lipinski definition) is 4. The van der Waals surface area contributed by atoms with Crippen molar-refractivity contribution < 1.29 is 14.4 Å². The Hall–Kier alpha value is -1.43. The summed E-state index contributed by atoms with van der Waals surface area (Å²) < 4.78 is 0. The number of piperazine rings is 1. The van der Waals surface area contributed by atoms with Crippen LogP contribution in [0.5, 0.6) is 0 Å². The molecule has 0 aromatic rings. The van der Waals surface area contributed by atoms with Gasteiger partial charge in [-0.25, -0.2) is 0 Å². The van der Waals surface area contributed by atoms with Crippen LogP contribution in [0.3, 0.4) is 0 Å². The number of nitrogens with one attached hydrogen (secondary N) is 2. The van der Waals surface area contributed by atoms with Crippen LogP contribution in [0.2, 0.25) is 0 Å². The van der Waals surface area contributed by atoms with Crippen LogP contribution in [0.1, 0.15) is 46.0 Å². The van der Waals surface area contributed by atoms with Gasteiger partial charge in [0.05, 0.1) is 5.41 Å². The molecule has 1 atom stereocenters. The Morgan fingerprint density at radius 2 is 1.95 bits per heavy atom. The molecule has 0 bridgehead atoms. The van der Waals surface area contributed by atoms with Crippen LogP contribution in [-0.2, 0) is 14.4 Å². The smallest absolute Gasteiger partial charge is 0.249 e. The summed E-state index contributed by atoms with van der Waals surface area (Å²) in [6, 6.07) is -0.515. The molecule has 2 N–H and O–H groups in total. The summed E-state index contributed by atoms with van der Waals surface area (Å²) in [4.78, 5) is 38.2. The molecule has 2 aliphatic rings. The largest absolute Gasteiger partial charge is 0.321 e. The predicted molar refractivity (Wildman–Crippen MR) is 78.4 cm³/mol. The maximum absolute atomic E-state index is 13.1. The number of nitrogens with zero attached hydrogens (tertiary/aromatic N) is 1.